The Morgan fingerprint density at radius 2 is 1.62 bits per heavy atom. The molecular weight excluding hydrogens is 505 g/mol. The van der Waals surface area contributed by atoms with Crippen LogP contribution in [0, 0.1) is 12.7 Å². The third kappa shape index (κ3) is 10.4. The van der Waals surface area contributed by atoms with E-state index in [1.807, 2.05) is 19.1 Å². The van der Waals surface area contributed by atoms with Gasteiger partial charge in [0.15, 0.2) is 6.10 Å². The number of ether oxygens (including phenoxy) is 4. The molecule has 0 radical (unpaired) electrons. The molecule has 8 nitrogen and oxygen atoms in total. The Hall–Kier alpha value is -3.95. The Kier molecular flexibility index (Phi) is 11.7. The molecule has 0 aliphatic carbocycles. The highest BCUT2D eigenvalue weighted by Gasteiger charge is 2.18. The molecule has 208 valence electrons. The van der Waals surface area contributed by atoms with Crippen LogP contribution in [0.4, 0.5) is 9.18 Å². The molecule has 0 saturated carbocycles. The second kappa shape index (κ2) is 15.5. The summed E-state index contributed by atoms with van der Waals surface area (Å²) in [4.78, 5) is 25.7. The minimum atomic E-state index is -1.00. The van der Waals surface area contributed by atoms with Crippen LogP contribution in [0.25, 0.3) is 0 Å². The van der Waals surface area contributed by atoms with E-state index in [2.05, 4.69) is 0 Å². The fourth-order valence-electron chi connectivity index (χ4n) is 3.71. The molecule has 1 unspecified atom stereocenters. The highest BCUT2D eigenvalue weighted by molar-refractivity contribution is 5.72. The van der Waals surface area contributed by atoms with Crippen molar-refractivity contribution in [1.82, 2.24) is 4.90 Å². The average Bonchev–Trinajstić information content (AvgIpc) is 2.91. The largest absolute Gasteiger partial charge is 0.492 e. The number of benzene rings is 3. The first-order valence-corrected chi connectivity index (χ1v) is 12.8. The standard InChI is InChI=1S/C30H34FNO7/c1-3-37-28(29(33)34)20-23-9-13-26(14-10-23)38-18-16-32(30(35)39-27-6-4-5-22(2)19-27)15-17-36-21-24-7-11-25(31)12-8-24/h4-14,19,28H,3,15-18,20-21H2,1-2H3,(H,33,34). The number of halogens is 1. The normalized spacial score (nSPS) is 11.6. The summed E-state index contributed by atoms with van der Waals surface area (Å²) in [6.07, 6.45) is -1.18. The van der Waals surface area contributed by atoms with Gasteiger partial charge in [0.05, 0.1) is 19.8 Å². The molecule has 0 fully saturated rings. The van der Waals surface area contributed by atoms with Gasteiger partial charge in [-0.05, 0) is 66.9 Å². The van der Waals surface area contributed by atoms with Gasteiger partial charge >= 0.3 is 12.1 Å². The van der Waals surface area contributed by atoms with Crippen molar-refractivity contribution in [2.24, 2.45) is 0 Å². The van der Waals surface area contributed by atoms with Gasteiger partial charge in [0.1, 0.15) is 23.9 Å². The third-order valence-corrected chi connectivity index (χ3v) is 5.76. The number of hydrogen-bond donors (Lipinski definition) is 1. The lowest BCUT2D eigenvalue weighted by molar-refractivity contribution is -0.149. The number of hydrogen-bond acceptors (Lipinski definition) is 6. The number of aliphatic carboxylic acids is 1. The minimum Gasteiger partial charge on any atom is -0.492 e. The first-order chi connectivity index (χ1) is 18.8. The van der Waals surface area contributed by atoms with Crippen LogP contribution >= 0.6 is 0 Å². The fraction of sp³-hybridized carbons (Fsp3) is 0.333. The maximum Gasteiger partial charge on any atom is 0.415 e. The van der Waals surface area contributed by atoms with Crippen molar-refractivity contribution in [2.45, 2.75) is 33.0 Å². The lowest BCUT2D eigenvalue weighted by Crippen LogP contribution is -2.39. The summed E-state index contributed by atoms with van der Waals surface area (Å²) >= 11 is 0. The second-order valence-electron chi connectivity index (χ2n) is 8.83. The zero-order valence-electron chi connectivity index (χ0n) is 22.2. The van der Waals surface area contributed by atoms with Crippen LogP contribution in [0.2, 0.25) is 0 Å². The van der Waals surface area contributed by atoms with Crippen LogP contribution in [0.5, 0.6) is 11.5 Å². The molecule has 1 N–H and O–H groups in total. The zero-order chi connectivity index (χ0) is 28.0. The Morgan fingerprint density at radius 1 is 0.923 bits per heavy atom. The maximum atomic E-state index is 13.1. The molecule has 9 heteroatoms. The van der Waals surface area contributed by atoms with Gasteiger partial charge in [-0.1, -0.05) is 36.4 Å². The van der Waals surface area contributed by atoms with E-state index in [4.69, 9.17) is 18.9 Å². The quantitative estimate of drug-likeness (QED) is 0.263. The molecule has 3 rings (SSSR count). The van der Waals surface area contributed by atoms with Crippen LogP contribution in [0.1, 0.15) is 23.6 Å². The molecule has 3 aromatic carbocycles. The lowest BCUT2D eigenvalue weighted by Gasteiger charge is -2.22. The zero-order valence-corrected chi connectivity index (χ0v) is 22.2. The molecule has 0 aliphatic rings. The predicted octanol–water partition coefficient (Wildman–Crippen LogP) is 5.26. The molecule has 0 spiro atoms. The van der Waals surface area contributed by atoms with Gasteiger partial charge in [0, 0.05) is 19.6 Å². The summed E-state index contributed by atoms with van der Waals surface area (Å²) in [6.45, 7) is 5.24. The summed E-state index contributed by atoms with van der Waals surface area (Å²) in [5.41, 5.74) is 2.61. The number of carboxylic acid groups (broad SMARTS) is 1. The first-order valence-electron chi connectivity index (χ1n) is 12.8. The third-order valence-electron chi connectivity index (χ3n) is 5.76. The van der Waals surface area contributed by atoms with E-state index in [1.54, 1.807) is 55.5 Å². The van der Waals surface area contributed by atoms with Crippen molar-refractivity contribution in [3.63, 3.8) is 0 Å². The number of amides is 1. The molecule has 1 atom stereocenters. The monoisotopic (exact) mass is 539 g/mol. The van der Waals surface area contributed by atoms with E-state index >= 15 is 0 Å². The average molecular weight is 540 g/mol. The van der Waals surface area contributed by atoms with Crippen LogP contribution < -0.4 is 9.47 Å². The molecule has 0 saturated heterocycles. The smallest absolute Gasteiger partial charge is 0.415 e. The van der Waals surface area contributed by atoms with E-state index in [1.165, 1.54) is 17.0 Å². The SMILES string of the molecule is CCOC(Cc1ccc(OCCN(CCOCc2ccc(F)cc2)C(=O)Oc2cccc(C)c2)cc1)C(=O)O. The first kappa shape index (κ1) is 29.6. The van der Waals surface area contributed by atoms with Gasteiger partial charge in [-0.25, -0.2) is 14.0 Å². The number of aryl methyl sites for hydroxylation is 1. The van der Waals surface area contributed by atoms with E-state index in [9.17, 15) is 19.1 Å². The number of rotatable bonds is 15. The number of carbonyl (C=O) groups is 2. The topological polar surface area (TPSA) is 94.5 Å². The minimum absolute atomic E-state index is 0.205. The molecule has 39 heavy (non-hydrogen) atoms. The molecule has 1 amide bonds. The Bertz CT molecular complexity index is 1180. The highest BCUT2D eigenvalue weighted by Crippen LogP contribution is 2.16. The number of carbonyl (C=O) groups excluding carboxylic acids is 1. The van der Waals surface area contributed by atoms with Crippen molar-refractivity contribution >= 4 is 12.1 Å². The molecule has 0 aliphatic heterocycles. The molecule has 0 heterocycles. The van der Waals surface area contributed by atoms with Crippen molar-refractivity contribution in [2.75, 3.05) is 32.9 Å². The number of nitrogens with zero attached hydrogens (tertiary/aromatic N) is 1. The summed E-state index contributed by atoms with van der Waals surface area (Å²) in [5.74, 6) is -0.285. The van der Waals surface area contributed by atoms with Gasteiger partial charge in [-0.15, -0.1) is 0 Å². The summed E-state index contributed by atoms with van der Waals surface area (Å²) in [7, 11) is 0. The van der Waals surface area contributed by atoms with E-state index in [0.29, 0.717) is 18.1 Å². The fourth-order valence-corrected chi connectivity index (χ4v) is 3.71. The second-order valence-corrected chi connectivity index (χ2v) is 8.83. The van der Waals surface area contributed by atoms with Gasteiger partial charge in [0.2, 0.25) is 0 Å². The Morgan fingerprint density at radius 3 is 2.28 bits per heavy atom. The van der Waals surface area contributed by atoms with E-state index < -0.39 is 18.2 Å². The van der Waals surface area contributed by atoms with Crippen LogP contribution in [-0.4, -0.2) is 61.1 Å². The van der Waals surface area contributed by atoms with Gasteiger partial charge in [0.25, 0.3) is 0 Å². The lowest BCUT2D eigenvalue weighted by atomic mass is 10.1. The van der Waals surface area contributed by atoms with Gasteiger partial charge in [-0.2, -0.15) is 0 Å². The van der Waals surface area contributed by atoms with E-state index in [0.717, 1.165) is 16.7 Å². The van der Waals surface area contributed by atoms with Crippen LogP contribution in [0.3, 0.4) is 0 Å². The Balaban J connectivity index is 1.54. The molecule has 3 aromatic rings. The highest BCUT2D eigenvalue weighted by atomic mass is 19.1. The summed E-state index contributed by atoms with van der Waals surface area (Å²) in [5, 5.41) is 9.27. The number of carboxylic acids is 1. The van der Waals surface area contributed by atoms with Crippen LogP contribution in [0.15, 0.2) is 72.8 Å². The van der Waals surface area contributed by atoms with Crippen molar-refractivity contribution < 1.29 is 38.0 Å². The van der Waals surface area contributed by atoms with Crippen molar-refractivity contribution in [1.29, 1.82) is 0 Å². The van der Waals surface area contributed by atoms with Gasteiger partial charge < -0.3 is 29.0 Å². The van der Waals surface area contributed by atoms with E-state index in [-0.39, 0.29) is 45.1 Å². The van der Waals surface area contributed by atoms with Crippen molar-refractivity contribution in [3.8, 4) is 11.5 Å². The maximum absolute atomic E-state index is 13.1. The van der Waals surface area contributed by atoms with Crippen LogP contribution in [-0.2, 0) is 27.3 Å². The summed E-state index contributed by atoms with van der Waals surface area (Å²) < 4.78 is 35.4. The molecule has 0 aromatic heterocycles. The summed E-state index contributed by atoms with van der Waals surface area (Å²) in [6, 6.07) is 20.3. The predicted molar refractivity (Wildman–Crippen MR) is 144 cm³/mol. The molecule has 0 bridgehead atoms. The van der Waals surface area contributed by atoms with Crippen molar-refractivity contribution in [3.05, 3.63) is 95.3 Å². The molecular formula is C30H34FNO7. The Labute approximate surface area is 227 Å². The van der Waals surface area contributed by atoms with Gasteiger partial charge in [-0.3, -0.25) is 0 Å².